The Hall–Kier alpha value is -5.23. The van der Waals surface area contributed by atoms with Crippen LogP contribution in [0.1, 0.15) is 73.4 Å². The Labute approximate surface area is 290 Å². The smallest absolute Gasteiger partial charge is 0.339 e. The first kappa shape index (κ1) is 37.6. The predicted octanol–water partition coefficient (Wildman–Crippen LogP) is 6.37. The van der Waals surface area contributed by atoms with E-state index in [0.29, 0.717) is 25.8 Å². The maximum absolute atomic E-state index is 13.6. The van der Waals surface area contributed by atoms with Gasteiger partial charge in [0.1, 0.15) is 0 Å². The third-order valence-electron chi connectivity index (χ3n) is 8.02. The van der Waals surface area contributed by atoms with E-state index >= 15 is 0 Å². The Morgan fingerprint density at radius 2 is 1.10 bits per heavy atom. The van der Waals surface area contributed by atoms with Crippen LogP contribution in [0.2, 0.25) is 0 Å². The maximum atomic E-state index is 13.6. The molecule has 0 unspecified atom stereocenters. The molecule has 1 aliphatic rings. The Balaban J connectivity index is 1.71. The molecule has 1 aliphatic heterocycles. The number of nitrogens with zero attached hydrogens (tertiary/aromatic N) is 3. The molecule has 3 aromatic carbocycles. The van der Waals surface area contributed by atoms with Gasteiger partial charge in [-0.25, -0.2) is 19.2 Å². The van der Waals surface area contributed by atoms with Gasteiger partial charge in [0.05, 0.1) is 23.8 Å². The van der Waals surface area contributed by atoms with Crippen molar-refractivity contribution in [2.75, 3.05) is 20.3 Å². The van der Waals surface area contributed by atoms with Gasteiger partial charge in [-0.2, -0.15) is 0 Å². The number of rotatable bonds is 15. The van der Waals surface area contributed by atoms with Gasteiger partial charge in [-0.1, -0.05) is 71.0 Å². The van der Waals surface area contributed by atoms with Crippen LogP contribution in [0.15, 0.2) is 77.9 Å². The second-order valence-corrected chi connectivity index (χ2v) is 11.9. The summed E-state index contributed by atoms with van der Waals surface area (Å²) in [6.07, 6.45) is -5.08. The van der Waals surface area contributed by atoms with Crippen LogP contribution in [0.4, 0.5) is 0 Å². The number of esters is 4. The van der Waals surface area contributed by atoms with Crippen LogP contribution < -0.4 is 0 Å². The third-order valence-corrected chi connectivity index (χ3v) is 8.02. The standard InChI is InChI=1S/C37H41N3O10/c1-23-9-15-26(16-10-23)33(41)47-29-30(48-34(42)27-17-11-24(2)12-18-27)32(49-35(43)28-19-13-25(3)14-20-28)37(50-31(29)36(44)45-4)46-22-8-6-5-7-21-39-40-38/h9-20,29-32,37H,5-8,21-22H2,1-4H3/t29-,30-,31-,32+,37+/m0/s1. The number of methoxy groups -OCH3 is 1. The van der Waals surface area contributed by atoms with E-state index in [1.54, 1.807) is 72.8 Å². The van der Waals surface area contributed by atoms with E-state index in [1.165, 1.54) is 0 Å². The van der Waals surface area contributed by atoms with Gasteiger partial charge in [0, 0.05) is 18.1 Å². The second-order valence-electron chi connectivity index (χ2n) is 11.9. The average Bonchev–Trinajstić information content (AvgIpc) is 3.11. The van der Waals surface area contributed by atoms with E-state index in [4.69, 9.17) is 34.0 Å². The van der Waals surface area contributed by atoms with Crippen LogP contribution in [0.3, 0.4) is 0 Å². The topological polar surface area (TPSA) is 172 Å². The van der Waals surface area contributed by atoms with Gasteiger partial charge in [0.25, 0.3) is 0 Å². The molecule has 50 heavy (non-hydrogen) atoms. The number of azide groups is 1. The molecule has 264 valence electrons. The average molecular weight is 688 g/mol. The molecular weight excluding hydrogens is 646 g/mol. The molecule has 1 heterocycles. The highest BCUT2D eigenvalue weighted by molar-refractivity contribution is 5.92. The van der Waals surface area contributed by atoms with Gasteiger partial charge in [0.2, 0.25) is 0 Å². The first-order valence-electron chi connectivity index (χ1n) is 16.3. The molecule has 0 spiro atoms. The summed E-state index contributed by atoms with van der Waals surface area (Å²) in [6.45, 7) is 6.06. The Kier molecular flexibility index (Phi) is 13.9. The van der Waals surface area contributed by atoms with E-state index in [2.05, 4.69) is 10.0 Å². The van der Waals surface area contributed by atoms with Crippen LogP contribution in [0, 0.1) is 20.8 Å². The van der Waals surface area contributed by atoms with Crippen molar-refractivity contribution >= 4 is 23.9 Å². The summed E-state index contributed by atoms with van der Waals surface area (Å²) in [4.78, 5) is 56.7. The largest absolute Gasteiger partial charge is 0.467 e. The van der Waals surface area contributed by atoms with Gasteiger partial charge in [-0.3, -0.25) is 0 Å². The van der Waals surface area contributed by atoms with Gasteiger partial charge in [0.15, 0.2) is 30.7 Å². The zero-order valence-corrected chi connectivity index (χ0v) is 28.5. The summed E-state index contributed by atoms with van der Waals surface area (Å²) in [7, 11) is 1.13. The molecule has 13 nitrogen and oxygen atoms in total. The van der Waals surface area contributed by atoms with E-state index in [0.717, 1.165) is 30.2 Å². The zero-order chi connectivity index (χ0) is 36.0. The van der Waals surface area contributed by atoms with Crippen molar-refractivity contribution in [2.24, 2.45) is 5.11 Å². The minimum absolute atomic E-state index is 0.102. The second kappa shape index (κ2) is 18.5. The van der Waals surface area contributed by atoms with Crippen LogP contribution in [0.5, 0.6) is 0 Å². The van der Waals surface area contributed by atoms with Gasteiger partial charge in [-0.05, 0) is 75.5 Å². The number of ether oxygens (including phenoxy) is 6. The number of hydrogen-bond acceptors (Lipinski definition) is 11. The molecule has 0 aliphatic carbocycles. The summed E-state index contributed by atoms with van der Waals surface area (Å²) in [6, 6.07) is 19.7. The summed E-state index contributed by atoms with van der Waals surface area (Å²) in [5.74, 6) is -3.39. The van der Waals surface area contributed by atoms with Crippen LogP contribution in [-0.4, -0.2) is 74.8 Å². The van der Waals surface area contributed by atoms with E-state index in [1.807, 2.05) is 20.8 Å². The number of carbonyl (C=O) groups is 4. The fourth-order valence-electron chi connectivity index (χ4n) is 5.17. The molecule has 0 radical (unpaired) electrons. The Morgan fingerprint density at radius 1 is 0.660 bits per heavy atom. The molecule has 13 heteroatoms. The van der Waals surface area contributed by atoms with Crippen molar-refractivity contribution in [3.05, 3.63) is 117 Å². The number of benzene rings is 3. The van der Waals surface area contributed by atoms with Gasteiger partial charge in [-0.15, -0.1) is 0 Å². The normalized spacial score (nSPS) is 19.8. The van der Waals surface area contributed by atoms with Crippen LogP contribution in [-0.2, 0) is 33.2 Å². The lowest BCUT2D eigenvalue weighted by atomic mass is 9.97. The molecule has 0 bridgehead atoms. The van der Waals surface area contributed by atoms with Crippen molar-refractivity contribution in [3.63, 3.8) is 0 Å². The molecule has 0 N–H and O–H groups in total. The quantitative estimate of drug-likeness (QED) is 0.0436. The SMILES string of the molecule is COC(=O)[C@H]1O[C@@H](OCCCCCCN=[N+]=[N-])[C@H](OC(=O)c2ccc(C)cc2)[C@@H](OC(=O)c2ccc(C)cc2)[C@@H]1OC(=O)c1ccc(C)cc1. The summed E-state index contributed by atoms with van der Waals surface area (Å²) in [5.41, 5.74) is 11.7. The molecule has 5 atom stereocenters. The lowest BCUT2D eigenvalue weighted by molar-refractivity contribution is -0.292. The summed E-state index contributed by atoms with van der Waals surface area (Å²) >= 11 is 0. The molecule has 4 rings (SSSR count). The minimum Gasteiger partial charge on any atom is -0.467 e. The molecular formula is C37H41N3O10. The maximum Gasteiger partial charge on any atom is 0.339 e. The highest BCUT2D eigenvalue weighted by atomic mass is 16.7. The number of hydrogen-bond donors (Lipinski definition) is 0. The van der Waals surface area contributed by atoms with Crippen molar-refractivity contribution < 1.29 is 47.6 Å². The first-order chi connectivity index (χ1) is 24.1. The zero-order valence-electron chi connectivity index (χ0n) is 28.5. The molecule has 1 fully saturated rings. The van der Waals surface area contributed by atoms with Crippen molar-refractivity contribution in [3.8, 4) is 0 Å². The van der Waals surface area contributed by atoms with E-state index < -0.39 is 54.6 Å². The van der Waals surface area contributed by atoms with E-state index in [9.17, 15) is 19.2 Å². The first-order valence-corrected chi connectivity index (χ1v) is 16.3. The van der Waals surface area contributed by atoms with E-state index in [-0.39, 0.29) is 23.3 Å². The highest BCUT2D eigenvalue weighted by Crippen LogP contribution is 2.32. The number of unbranched alkanes of at least 4 members (excludes halogenated alkanes) is 3. The van der Waals surface area contributed by atoms with Gasteiger partial charge >= 0.3 is 23.9 Å². The predicted molar refractivity (Wildman–Crippen MR) is 180 cm³/mol. The van der Waals surface area contributed by atoms with Crippen LogP contribution >= 0.6 is 0 Å². The Morgan fingerprint density at radius 3 is 1.56 bits per heavy atom. The van der Waals surface area contributed by atoms with Crippen molar-refractivity contribution in [1.82, 2.24) is 0 Å². The summed E-state index contributed by atoms with van der Waals surface area (Å²) < 4.78 is 35.0. The lowest BCUT2D eigenvalue weighted by Crippen LogP contribution is -2.64. The lowest BCUT2D eigenvalue weighted by Gasteiger charge is -2.43. The number of aryl methyl sites for hydroxylation is 3. The highest BCUT2D eigenvalue weighted by Gasteiger charge is 2.56. The monoisotopic (exact) mass is 687 g/mol. The number of carbonyl (C=O) groups excluding carboxylic acids is 4. The molecule has 0 aromatic heterocycles. The fraction of sp³-hybridized carbons (Fsp3) is 0.405. The molecule has 1 saturated heterocycles. The van der Waals surface area contributed by atoms with Crippen LogP contribution in [0.25, 0.3) is 10.4 Å². The van der Waals surface area contributed by atoms with Gasteiger partial charge < -0.3 is 28.4 Å². The van der Waals surface area contributed by atoms with Crippen molar-refractivity contribution in [2.45, 2.75) is 77.2 Å². The fourth-order valence-corrected chi connectivity index (χ4v) is 5.17. The molecule has 0 amide bonds. The van der Waals surface area contributed by atoms with Crippen molar-refractivity contribution in [1.29, 1.82) is 0 Å². The molecule has 0 saturated carbocycles. The third kappa shape index (κ3) is 10.4. The minimum atomic E-state index is -1.63. The Bertz CT molecular complexity index is 1650. The molecule has 3 aromatic rings. The summed E-state index contributed by atoms with van der Waals surface area (Å²) in [5, 5.41) is 3.53.